The second kappa shape index (κ2) is 9.37. The minimum Gasteiger partial charge on any atom is -0.423 e. The van der Waals surface area contributed by atoms with Crippen molar-refractivity contribution in [3.05, 3.63) is 81.2 Å². The Balaban J connectivity index is 1.27. The molecule has 1 amide bonds. The average molecular weight is 504 g/mol. The van der Waals surface area contributed by atoms with Crippen LogP contribution in [0.25, 0.3) is 0 Å². The third-order valence-electron chi connectivity index (χ3n) is 7.01. The molecule has 188 valence electrons. The number of benzene rings is 2. The number of fused-ring (bicyclic) bond motifs is 3. The van der Waals surface area contributed by atoms with Crippen LogP contribution in [0.1, 0.15) is 83.1 Å². The molecule has 2 aliphatic rings. The summed E-state index contributed by atoms with van der Waals surface area (Å²) in [4.78, 5) is 29.4. The van der Waals surface area contributed by atoms with Crippen LogP contribution in [0, 0.1) is 0 Å². The van der Waals surface area contributed by atoms with E-state index in [1.54, 1.807) is 35.6 Å². The van der Waals surface area contributed by atoms with Gasteiger partial charge in [0.15, 0.2) is 0 Å². The van der Waals surface area contributed by atoms with Crippen LogP contribution in [0.2, 0.25) is 0 Å². The number of esters is 1. The molecule has 5 rings (SSSR count). The second-order valence-electron chi connectivity index (χ2n) is 10.9. The zero-order valence-corrected chi connectivity index (χ0v) is 22.3. The summed E-state index contributed by atoms with van der Waals surface area (Å²) in [7, 11) is 0. The predicted octanol–water partition coefficient (Wildman–Crippen LogP) is 5.89. The van der Waals surface area contributed by atoms with Gasteiger partial charge in [0.1, 0.15) is 16.9 Å². The van der Waals surface area contributed by atoms with Gasteiger partial charge in [-0.15, -0.1) is 11.3 Å². The number of anilines is 1. The van der Waals surface area contributed by atoms with E-state index in [9.17, 15) is 9.59 Å². The molecule has 2 aliphatic heterocycles. The summed E-state index contributed by atoms with van der Waals surface area (Å²) in [6, 6.07) is 15.3. The highest BCUT2D eigenvalue weighted by atomic mass is 32.1. The second-order valence-corrected chi connectivity index (χ2v) is 12.0. The quantitative estimate of drug-likeness (QED) is 0.343. The van der Waals surface area contributed by atoms with E-state index in [1.807, 2.05) is 24.3 Å². The smallest absolute Gasteiger partial charge is 0.343 e. The molecule has 0 unspecified atom stereocenters. The summed E-state index contributed by atoms with van der Waals surface area (Å²) in [5.74, 6) is 0.0434. The lowest BCUT2D eigenvalue weighted by Gasteiger charge is -2.31. The third kappa shape index (κ3) is 4.77. The summed E-state index contributed by atoms with van der Waals surface area (Å²) < 4.78 is 5.58. The van der Waals surface area contributed by atoms with Crippen LogP contribution in [0.3, 0.4) is 0 Å². The molecule has 3 aromatic rings. The molecule has 2 N–H and O–H groups in total. The molecule has 1 atom stereocenters. The molecule has 6 nitrogen and oxygen atoms in total. The average Bonchev–Trinajstić information content (AvgIpc) is 3.22. The lowest BCUT2D eigenvalue weighted by molar-refractivity contribution is 0.0734. The number of ether oxygens (including phenoxy) is 1. The summed E-state index contributed by atoms with van der Waals surface area (Å²) in [6.45, 7) is 12.7. The fourth-order valence-corrected chi connectivity index (χ4v) is 6.04. The minimum absolute atomic E-state index is 0.0263. The van der Waals surface area contributed by atoms with E-state index >= 15 is 0 Å². The summed E-state index contributed by atoms with van der Waals surface area (Å²) in [6.07, 6.45) is 0.568. The Morgan fingerprint density at radius 1 is 1.06 bits per heavy atom. The van der Waals surface area contributed by atoms with Crippen LogP contribution in [0.5, 0.6) is 5.75 Å². The number of carbonyl (C=O) groups is 2. The molecular weight excluding hydrogens is 470 g/mol. The third-order valence-corrected chi connectivity index (χ3v) is 8.15. The first-order valence-electron chi connectivity index (χ1n) is 12.5. The van der Waals surface area contributed by atoms with Gasteiger partial charge in [-0.3, -0.25) is 9.69 Å². The van der Waals surface area contributed by atoms with Crippen molar-refractivity contribution in [2.24, 2.45) is 0 Å². The van der Waals surface area contributed by atoms with Crippen molar-refractivity contribution in [3.63, 3.8) is 0 Å². The van der Waals surface area contributed by atoms with E-state index in [0.29, 0.717) is 17.4 Å². The Kier molecular flexibility index (Phi) is 6.39. The van der Waals surface area contributed by atoms with Crippen LogP contribution in [0.4, 0.5) is 5.00 Å². The minimum atomic E-state index is -0.392. The zero-order chi connectivity index (χ0) is 25.6. The first-order chi connectivity index (χ1) is 17.1. The van der Waals surface area contributed by atoms with Crippen LogP contribution < -0.4 is 15.4 Å². The van der Waals surface area contributed by atoms with Gasteiger partial charge in [0.2, 0.25) is 0 Å². The Labute approximate surface area is 216 Å². The van der Waals surface area contributed by atoms with Gasteiger partial charge in [-0.1, -0.05) is 45.0 Å². The standard InChI is InChI=1S/C29H33N3O3S/c1-17(2)32-15-14-22-23(16-32)36-27-24(22)26(33)30-25(31-27)18-8-12-21(13-9-18)35-28(34)19-6-10-20(11-7-19)29(3,4)5/h6-13,17,25,31H,14-16H2,1-5H3,(H,30,33)/t25-/m0/s1. The number of nitrogens with one attached hydrogen (secondary N) is 2. The van der Waals surface area contributed by atoms with Gasteiger partial charge in [0.05, 0.1) is 11.1 Å². The maximum atomic E-state index is 13.0. The van der Waals surface area contributed by atoms with Crippen molar-refractivity contribution >= 4 is 28.2 Å². The number of hydrogen-bond donors (Lipinski definition) is 2. The Hall–Kier alpha value is -3.16. The number of amides is 1. The lowest BCUT2D eigenvalue weighted by atomic mass is 9.87. The Morgan fingerprint density at radius 3 is 2.39 bits per heavy atom. The molecule has 0 spiro atoms. The first-order valence-corrected chi connectivity index (χ1v) is 13.3. The molecule has 0 radical (unpaired) electrons. The molecular formula is C29H33N3O3S. The summed E-state index contributed by atoms with van der Waals surface area (Å²) >= 11 is 1.69. The monoisotopic (exact) mass is 503 g/mol. The fourth-order valence-electron chi connectivity index (χ4n) is 4.74. The Bertz CT molecular complexity index is 1290. The van der Waals surface area contributed by atoms with Gasteiger partial charge in [-0.25, -0.2) is 4.79 Å². The van der Waals surface area contributed by atoms with Crippen LogP contribution in [0.15, 0.2) is 48.5 Å². The van der Waals surface area contributed by atoms with E-state index in [4.69, 9.17) is 4.74 Å². The zero-order valence-electron chi connectivity index (χ0n) is 21.5. The molecule has 7 heteroatoms. The number of carbonyl (C=O) groups excluding carboxylic acids is 2. The highest BCUT2D eigenvalue weighted by Gasteiger charge is 2.33. The van der Waals surface area contributed by atoms with Crippen molar-refractivity contribution in [3.8, 4) is 5.75 Å². The molecule has 1 aromatic heterocycles. The normalized spacial score (nSPS) is 17.7. The van der Waals surface area contributed by atoms with Crippen molar-refractivity contribution in [1.82, 2.24) is 10.2 Å². The van der Waals surface area contributed by atoms with E-state index in [-0.39, 0.29) is 17.5 Å². The molecule has 0 saturated heterocycles. The summed E-state index contributed by atoms with van der Waals surface area (Å²) in [5.41, 5.74) is 4.60. The molecule has 0 bridgehead atoms. The van der Waals surface area contributed by atoms with Crippen molar-refractivity contribution < 1.29 is 14.3 Å². The van der Waals surface area contributed by atoms with Crippen LogP contribution in [-0.4, -0.2) is 29.4 Å². The van der Waals surface area contributed by atoms with E-state index in [0.717, 1.165) is 41.2 Å². The Morgan fingerprint density at radius 2 is 1.75 bits per heavy atom. The van der Waals surface area contributed by atoms with Crippen molar-refractivity contribution in [2.75, 3.05) is 11.9 Å². The molecule has 0 aliphatic carbocycles. The molecule has 0 fully saturated rings. The summed E-state index contributed by atoms with van der Waals surface area (Å²) in [5, 5.41) is 7.54. The number of nitrogens with zero attached hydrogens (tertiary/aromatic N) is 1. The van der Waals surface area contributed by atoms with E-state index < -0.39 is 5.97 Å². The van der Waals surface area contributed by atoms with Gasteiger partial charge in [0.25, 0.3) is 5.91 Å². The van der Waals surface area contributed by atoms with Crippen LogP contribution >= 0.6 is 11.3 Å². The van der Waals surface area contributed by atoms with Gasteiger partial charge >= 0.3 is 5.97 Å². The van der Waals surface area contributed by atoms with Crippen LogP contribution in [-0.2, 0) is 18.4 Å². The number of hydrogen-bond acceptors (Lipinski definition) is 6. The number of thiophene rings is 1. The lowest BCUT2D eigenvalue weighted by Crippen LogP contribution is -2.39. The van der Waals surface area contributed by atoms with Gasteiger partial charge in [0, 0.05) is 24.0 Å². The van der Waals surface area contributed by atoms with Crippen molar-refractivity contribution in [2.45, 2.75) is 65.2 Å². The van der Waals surface area contributed by atoms with Gasteiger partial charge in [-0.05, 0) is 66.6 Å². The maximum absolute atomic E-state index is 13.0. The number of rotatable bonds is 4. The highest BCUT2D eigenvalue weighted by Crippen LogP contribution is 2.41. The SMILES string of the molecule is CC(C)N1CCc2c(sc3c2C(=O)N[C@H](c2ccc(OC(=O)c4ccc(C(C)(C)C)cc4)cc2)N3)C1. The molecule has 3 heterocycles. The first kappa shape index (κ1) is 24.5. The predicted molar refractivity (Wildman–Crippen MR) is 144 cm³/mol. The van der Waals surface area contributed by atoms with E-state index in [2.05, 4.69) is 50.2 Å². The van der Waals surface area contributed by atoms with Gasteiger partial charge < -0.3 is 15.4 Å². The highest BCUT2D eigenvalue weighted by molar-refractivity contribution is 7.16. The molecule has 36 heavy (non-hydrogen) atoms. The topological polar surface area (TPSA) is 70.7 Å². The van der Waals surface area contributed by atoms with E-state index in [1.165, 1.54) is 10.4 Å². The largest absolute Gasteiger partial charge is 0.423 e. The molecule has 0 saturated carbocycles. The van der Waals surface area contributed by atoms with Crippen molar-refractivity contribution in [1.29, 1.82) is 0 Å². The van der Waals surface area contributed by atoms with Gasteiger partial charge in [-0.2, -0.15) is 0 Å². The molecule has 2 aromatic carbocycles. The fraction of sp³-hybridized carbons (Fsp3) is 0.379. The maximum Gasteiger partial charge on any atom is 0.343 e.